The number of nitrogens with two attached hydrogens (primary N) is 1. The van der Waals surface area contributed by atoms with E-state index in [4.69, 9.17) is 5.73 Å². The predicted octanol–water partition coefficient (Wildman–Crippen LogP) is 2.98. The molecular formula is C15H22N2O. The third kappa shape index (κ3) is 2.35. The number of carbonyl (C=O) groups excluding carboxylic acids is 1. The molecule has 2 unspecified atom stereocenters. The van der Waals surface area contributed by atoms with Crippen molar-refractivity contribution in [1.82, 2.24) is 4.90 Å². The van der Waals surface area contributed by atoms with Crippen LogP contribution in [-0.4, -0.2) is 22.9 Å². The van der Waals surface area contributed by atoms with Gasteiger partial charge in [0.15, 0.2) is 0 Å². The molecule has 0 bridgehead atoms. The highest BCUT2D eigenvalue weighted by Crippen LogP contribution is 2.25. The number of hydrogen-bond acceptors (Lipinski definition) is 2. The highest BCUT2D eigenvalue weighted by Gasteiger charge is 2.29. The van der Waals surface area contributed by atoms with E-state index >= 15 is 0 Å². The second-order valence-electron chi connectivity index (χ2n) is 5.41. The van der Waals surface area contributed by atoms with E-state index in [-0.39, 0.29) is 5.91 Å². The van der Waals surface area contributed by atoms with E-state index in [1.165, 1.54) is 6.42 Å². The van der Waals surface area contributed by atoms with Gasteiger partial charge < -0.3 is 10.6 Å². The van der Waals surface area contributed by atoms with Crippen molar-refractivity contribution in [2.75, 3.05) is 5.73 Å². The van der Waals surface area contributed by atoms with Crippen molar-refractivity contribution in [2.45, 2.75) is 52.1 Å². The van der Waals surface area contributed by atoms with Gasteiger partial charge in [0.2, 0.25) is 0 Å². The largest absolute Gasteiger partial charge is 0.399 e. The molecule has 18 heavy (non-hydrogen) atoms. The van der Waals surface area contributed by atoms with Gasteiger partial charge in [-0.15, -0.1) is 0 Å². The van der Waals surface area contributed by atoms with Crippen molar-refractivity contribution in [3.8, 4) is 0 Å². The number of benzene rings is 1. The van der Waals surface area contributed by atoms with Gasteiger partial charge in [-0.25, -0.2) is 0 Å². The molecule has 0 spiro atoms. The van der Waals surface area contributed by atoms with E-state index in [2.05, 4.69) is 13.8 Å². The smallest absolute Gasteiger partial charge is 0.254 e. The third-order valence-corrected chi connectivity index (χ3v) is 3.94. The Morgan fingerprint density at radius 3 is 2.44 bits per heavy atom. The quantitative estimate of drug-likeness (QED) is 0.774. The number of hydrogen-bond donors (Lipinski definition) is 1. The molecule has 0 saturated carbocycles. The second-order valence-corrected chi connectivity index (χ2v) is 5.41. The molecular weight excluding hydrogens is 224 g/mol. The lowest BCUT2D eigenvalue weighted by molar-refractivity contribution is 0.0510. The van der Waals surface area contributed by atoms with Crippen LogP contribution in [0.4, 0.5) is 5.69 Å². The van der Waals surface area contributed by atoms with Crippen molar-refractivity contribution >= 4 is 11.6 Å². The Morgan fingerprint density at radius 1 is 1.28 bits per heavy atom. The zero-order valence-electron chi connectivity index (χ0n) is 11.4. The summed E-state index contributed by atoms with van der Waals surface area (Å²) >= 11 is 0. The Labute approximate surface area is 109 Å². The zero-order valence-corrected chi connectivity index (χ0v) is 11.4. The van der Waals surface area contributed by atoms with E-state index in [0.29, 0.717) is 12.1 Å². The molecule has 1 aromatic rings. The fourth-order valence-corrected chi connectivity index (χ4v) is 2.78. The molecule has 0 radical (unpaired) electrons. The van der Waals surface area contributed by atoms with E-state index in [9.17, 15) is 4.79 Å². The molecule has 1 aromatic carbocycles. The maximum Gasteiger partial charge on any atom is 0.254 e. The van der Waals surface area contributed by atoms with E-state index in [1.807, 2.05) is 30.0 Å². The number of nitrogens with zero attached hydrogens (tertiary/aromatic N) is 1. The minimum Gasteiger partial charge on any atom is -0.399 e. The third-order valence-electron chi connectivity index (χ3n) is 3.94. The summed E-state index contributed by atoms with van der Waals surface area (Å²) in [7, 11) is 0. The highest BCUT2D eigenvalue weighted by molar-refractivity contribution is 5.95. The van der Waals surface area contributed by atoms with Crippen LogP contribution in [0.2, 0.25) is 0 Å². The maximum atomic E-state index is 12.6. The summed E-state index contributed by atoms with van der Waals surface area (Å²) in [6, 6.07) is 6.21. The van der Waals surface area contributed by atoms with Gasteiger partial charge in [-0.1, -0.05) is 0 Å². The summed E-state index contributed by atoms with van der Waals surface area (Å²) < 4.78 is 0. The number of anilines is 1. The number of aryl methyl sites for hydroxylation is 1. The van der Waals surface area contributed by atoms with E-state index in [1.54, 1.807) is 0 Å². The lowest BCUT2D eigenvalue weighted by Crippen LogP contribution is -2.47. The number of likely N-dealkylation sites (tertiary alicyclic amines) is 1. The van der Waals surface area contributed by atoms with Crippen molar-refractivity contribution in [3.05, 3.63) is 29.3 Å². The Hall–Kier alpha value is -1.51. The maximum absolute atomic E-state index is 12.6. The molecule has 3 nitrogen and oxygen atoms in total. The molecule has 0 aromatic heterocycles. The average molecular weight is 246 g/mol. The lowest BCUT2D eigenvalue weighted by atomic mass is 9.96. The lowest BCUT2D eigenvalue weighted by Gasteiger charge is -2.39. The first-order chi connectivity index (χ1) is 8.50. The van der Waals surface area contributed by atoms with Crippen LogP contribution in [0.15, 0.2) is 18.2 Å². The van der Waals surface area contributed by atoms with Gasteiger partial charge >= 0.3 is 0 Å². The predicted molar refractivity (Wildman–Crippen MR) is 74.5 cm³/mol. The molecule has 1 aliphatic rings. The van der Waals surface area contributed by atoms with Crippen LogP contribution >= 0.6 is 0 Å². The first-order valence-electron chi connectivity index (χ1n) is 6.69. The summed E-state index contributed by atoms with van der Waals surface area (Å²) in [4.78, 5) is 14.6. The van der Waals surface area contributed by atoms with Crippen LogP contribution in [0.3, 0.4) is 0 Å². The monoisotopic (exact) mass is 246 g/mol. The van der Waals surface area contributed by atoms with Gasteiger partial charge in [-0.05, 0) is 63.8 Å². The molecule has 2 atom stereocenters. The number of carbonyl (C=O) groups is 1. The summed E-state index contributed by atoms with van der Waals surface area (Å²) in [5.41, 5.74) is 8.26. The Morgan fingerprint density at radius 2 is 1.89 bits per heavy atom. The summed E-state index contributed by atoms with van der Waals surface area (Å²) in [6.45, 7) is 6.21. The standard InChI is InChI=1S/C15H22N2O/c1-10-9-13(7-8-14(10)16)15(18)17-11(2)5-4-6-12(17)3/h7-9,11-12H,4-6,16H2,1-3H3. The molecule has 2 N–H and O–H groups in total. The number of amides is 1. The van der Waals surface area contributed by atoms with Gasteiger partial charge in [-0.3, -0.25) is 4.79 Å². The van der Waals surface area contributed by atoms with Crippen LogP contribution in [0.25, 0.3) is 0 Å². The average Bonchev–Trinajstić information content (AvgIpc) is 2.32. The Bertz CT molecular complexity index is 446. The molecule has 98 valence electrons. The minimum absolute atomic E-state index is 0.137. The topological polar surface area (TPSA) is 46.3 Å². The number of rotatable bonds is 1. The number of nitrogen functional groups attached to an aromatic ring is 1. The molecule has 3 heteroatoms. The van der Waals surface area contributed by atoms with Crippen LogP contribution in [0.5, 0.6) is 0 Å². The Balaban J connectivity index is 2.26. The minimum atomic E-state index is 0.137. The second kappa shape index (κ2) is 5.01. The fraction of sp³-hybridized carbons (Fsp3) is 0.533. The van der Waals surface area contributed by atoms with E-state index in [0.717, 1.165) is 29.7 Å². The van der Waals surface area contributed by atoms with Crippen molar-refractivity contribution < 1.29 is 4.79 Å². The van der Waals surface area contributed by atoms with Gasteiger partial charge in [-0.2, -0.15) is 0 Å². The Kier molecular flexibility index (Phi) is 3.60. The van der Waals surface area contributed by atoms with Gasteiger partial charge in [0.1, 0.15) is 0 Å². The first-order valence-corrected chi connectivity index (χ1v) is 6.69. The van der Waals surface area contributed by atoms with Crippen molar-refractivity contribution in [2.24, 2.45) is 0 Å². The fourth-order valence-electron chi connectivity index (χ4n) is 2.78. The van der Waals surface area contributed by atoms with Gasteiger partial charge in [0.25, 0.3) is 5.91 Å². The molecule has 1 amide bonds. The molecule has 2 rings (SSSR count). The summed E-state index contributed by atoms with van der Waals surface area (Å²) in [6.07, 6.45) is 3.42. The van der Waals surface area contributed by atoms with Crippen LogP contribution < -0.4 is 5.73 Å². The SMILES string of the molecule is Cc1cc(C(=O)N2C(C)CCCC2C)ccc1N. The molecule has 1 saturated heterocycles. The molecule has 1 heterocycles. The first kappa shape index (κ1) is 12.9. The normalized spacial score (nSPS) is 24.1. The van der Waals surface area contributed by atoms with Crippen LogP contribution in [-0.2, 0) is 0 Å². The van der Waals surface area contributed by atoms with Crippen LogP contribution in [0.1, 0.15) is 49.0 Å². The molecule has 0 aliphatic carbocycles. The molecule has 1 fully saturated rings. The summed E-state index contributed by atoms with van der Waals surface area (Å²) in [5, 5.41) is 0. The summed E-state index contributed by atoms with van der Waals surface area (Å²) in [5.74, 6) is 0.137. The van der Waals surface area contributed by atoms with Crippen molar-refractivity contribution in [3.63, 3.8) is 0 Å². The highest BCUT2D eigenvalue weighted by atomic mass is 16.2. The van der Waals surface area contributed by atoms with E-state index < -0.39 is 0 Å². The van der Waals surface area contributed by atoms with Gasteiger partial charge in [0, 0.05) is 23.3 Å². The zero-order chi connectivity index (χ0) is 13.3. The van der Waals surface area contributed by atoms with Crippen molar-refractivity contribution in [1.29, 1.82) is 0 Å². The van der Waals surface area contributed by atoms with Crippen LogP contribution in [0, 0.1) is 6.92 Å². The molecule has 1 aliphatic heterocycles. The number of piperidine rings is 1. The van der Waals surface area contributed by atoms with Gasteiger partial charge in [0.05, 0.1) is 0 Å².